The molecule has 8 heterocycles. The molecule has 0 aliphatic carbocycles. The normalized spacial score (nSPS) is 9.59. The third-order valence-electron chi connectivity index (χ3n) is 17.6. The van der Waals surface area contributed by atoms with Crippen molar-refractivity contribution < 1.29 is 76.7 Å². The van der Waals surface area contributed by atoms with E-state index < -0.39 is 28.5 Å². The molecule has 108 heavy (non-hydrogen) atoms. The zero-order chi connectivity index (χ0) is 83.3. The molecule has 0 radical (unpaired) electrons. The van der Waals surface area contributed by atoms with E-state index in [1.165, 1.54) is 149 Å². The second-order valence-electron chi connectivity index (χ2n) is 25.9. The van der Waals surface area contributed by atoms with Gasteiger partial charge in [-0.25, -0.2) is 94.1 Å². The number of unbranched alkanes of at least 4 members (excludes halogenated alkanes) is 8. The molecule has 8 rings (SSSR count). The summed E-state index contributed by atoms with van der Waals surface area (Å²) in [5.41, 5.74) is 0. The van der Waals surface area contributed by atoms with Crippen LogP contribution in [0.4, 0.5) is 0 Å². The van der Waals surface area contributed by atoms with Crippen LogP contribution in [0.3, 0.4) is 0 Å². The Bertz CT molecular complexity index is 3030. The molecule has 8 aromatic heterocycles. The summed E-state index contributed by atoms with van der Waals surface area (Å²) in [6.07, 6.45) is 54.3. The average molecular weight is 1500 g/mol. The van der Waals surface area contributed by atoms with Gasteiger partial charge in [-0.3, -0.25) is 0 Å². The number of hydrogen-bond acceptors (Lipinski definition) is 12. The molecule has 32 heteroatoms. The standard InChI is InChI=1S/8C9H17N2.4CBNO2/c8*1-4-5-6-11-8-7-10(3)9(11)2;4*3-1-2(4)5/h8*7-8H,4-6H2,1-3H3;;;;/q8*+1;4*-2. The highest BCUT2D eigenvalue weighted by molar-refractivity contribution is 6.47. The fourth-order valence-corrected chi connectivity index (χ4v) is 9.31. The summed E-state index contributed by atoms with van der Waals surface area (Å²) in [5.74, 6) is 14.3. The molecule has 0 amide bonds. The first kappa shape index (κ1) is 106. The van der Waals surface area contributed by atoms with E-state index in [9.17, 15) is 0 Å². The van der Waals surface area contributed by atoms with Crippen LogP contribution in [0.25, 0.3) is 0 Å². The molecule has 28 nitrogen and oxygen atoms in total. The van der Waals surface area contributed by atoms with Crippen LogP contribution in [0.15, 0.2) is 99.1 Å². The Balaban J connectivity index is -0.000000553. The van der Waals surface area contributed by atoms with Crippen molar-refractivity contribution in [3.8, 4) is 23.9 Å². The first-order chi connectivity index (χ1) is 51.1. The number of aromatic nitrogens is 16. The van der Waals surface area contributed by atoms with Crippen LogP contribution >= 0.6 is 0 Å². The summed E-state index contributed by atoms with van der Waals surface area (Å²) in [4.78, 5) is 0. The molecule has 8 aromatic rings. The molecular weight excluding hydrogens is 1360 g/mol. The van der Waals surface area contributed by atoms with Gasteiger partial charge in [0.05, 0.1) is 109 Å². The van der Waals surface area contributed by atoms with Crippen LogP contribution < -0.4 is 76.7 Å². The molecule has 0 aliphatic rings. The second kappa shape index (κ2) is 65.6. The number of imidazole rings is 8. The lowest BCUT2D eigenvalue weighted by Crippen LogP contribution is -2.43. The topological polar surface area (TPSA) is 350 Å². The summed E-state index contributed by atoms with van der Waals surface area (Å²) in [7, 11) is 7.41. The van der Waals surface area contributed by atoms with Crippen LogP contribution in [0, 0.1) is 100 Å². The van der Waals surface area contributed by atoms with Gasteiger partial charge in [-0.15, -0.1) is 0 Å². The Morgan fingerprint density at radius 1 is 0.231 bits per heavy atom. The molecule has 0 bridgehead atoms. The minimum atomic E-state index is -2.31. The Hall–Kier alpha value is -8.42. The fraction of sp³-hybridized carbons (Fsp3) is 0.632. The van der Waals surface area contributed by atoms with E-state index in [1.54, 1.807) is 0 Å². The van der Waals surface area contributed by atoms with Crippen molar-refractivity contribution in [2.24, 2.45) is 56.4 Å². The highest BCUT2D eigenvalue weighted by Gasteiger charge is 2.13. The number of nitriles is 4. The van der Waals surface area contributed by atoms with Crippen LogP contribution in [0.5, 0.6) is 0 Å². The van der Waals surface area contributed by atoms with E-state index in [1.807, 2.05) is 0 Å². The van der Waals surface area contributed by atoms with E-state index in [4.69, 9.17) is 61.2 Å². The van der Waals surface area contributed by atoms with Crippen molar-refractivity contribution in [2.45, 2.75) is 266 Å². The monoisotopic (exact) mass is 1500 g/mol. The molecule has 0 spiro atoms. The van der Waals surface area contributed by atoms with Gasteiger partial charge in [-0.1, -0.05) is 107 Å². The molecule has 0 N–H and O–H groups in total. The van der Waals surface area contributed by atoms with Gasteiger partial charge in [0.15, 0.2) is 0 Å². The Labute approximate surface area is 651 Å². The predicted molar refractivity (Wildman–Crippen MR) is 407 cm³/mol. The lowest BCUT2D eigenvalue weighted by molar-refractivity contribution is -0.702. The summed E-state index contributed by atoms with van der Waals surface area (Å²) < 4.78 is 35.5. The van der Waals surface area contributed by atoms with Gasteiger partial charge in [0.25, 0.3) is 46.6 Å². The number of aryl methyl sites for hydroxylation is 16. The lowest BCUT2D eigenvalue weighted by atomic mass is 9.97. The minimum absolute atomic E-state index is 0.917. The zero-order valence-corrected chi connectivity index (χ0v) is 70.7. The zero-order valence-electron chi connectivity index (χ0n) is 70.7. The van der Waals surface area contributed by atoms with Gasteiger partial charge in [-0.2, -0.15) is 0 Å². The van der Waals surface area contributed by atoms with Crippen molar-refractivity contribution in [1.82, 2.24) is 36.5 Å². The van der Waals surface area contributed by atoms with Gasteiger partial charge in [0.2, 0.25) is 0 Å². The molecule has 0 fully saturated rings. The maximum Gasteiger partial charge on any atom is 0.253 e. The van der Waals surface area contributed by atoms with Crippen molar-refractivity contribution >= 4 is 28.5 Å². The third kappa shape index (κ3) is 49.5. The average Bonchev–Trinajstić information content (AvgIpc) is 1.83. The quantitative estimate of drug-likeness (QED) is 0.0586. The van der Waals surface area contributed by atoms with Crippen molar-refractivity contribution in [2.75, 3.05) is 0 Å². The van der Waals surface area contributed by atoms with Gasteiger partial charge >= 0.3 is 0 Å². The largest absolute Gasteiger partial charge is 0.881 e. The van der Waals surface area contributed by atoms with Crippen molar-refractivity contribution in [3.05, 3.63) is 146 Å². The van der Waals surface area contributed by atoms with Crippen LogP contribution in [0.1, 0.15) is 205 Å². The Morgan fingerprint density at radius 3 is 0.361 bits per heavy atom. The predicted octanol–water partition coefficient (Wildman–Crippen LogP) is 0.401. The van der Waals surface area contributed by atoms with Crippen molar-refractivity contribution in [1.29, 1.82) is 21.0 Å². The second-order valence-corrected chi connectivity index (χ2v) is 25.9. The van der Waals surface area contributed by atoms with Gasteiger partial charge in [0.1, 0.15) is 99.1 Å². The maximum atomic E-state index is 8.98. The molecular formula is C76H136B4N20O8. The van der Waals surface area contributed by atoms with Gasteiger partial charge in [0, 0.05) is 83.9 Å². The Kier molecular flexibility index (Phi) is 64.4. The molecule has 0 saturated carbocycles. The van der Waals surface area contributed by atoms with E-state index in [0.717, 1.165) is 76.2 Å². The fourth-order valence-electron chi connectivity index (χ4n) is 9.31. The highest BCUT2D eigenvalue weighted by atomic mass is 16.4. The summed E-state index contributed by atoms with van der Waals surface area (Å²) >= 11 is 0. The van der Waals surface area contributed by atoms with Crippen LogP contribution in [0.2, 0.25) is 0 Å². The Morgan fingerprint density at radius 2 is 0.315 bits per heavy atom. The summed E-state index contributed by atoms with van der Waals surface area (Å²) in [6, 6.07) is 0. The van der Waals surface area contributed by atoms with Gasteiger partial charge in [-0.05, 0) is 75.2 Å². The van der Waals surface area contributed by atoms with Crippen LogP contribution in [-0.4, -0.2) is 65.0 Å². The number of nitrogens with zero attached hydrogens (tertiary/aromatic N) is 20. The highest BCUT2D eigenvalue weighted by Crippen LogP contribution is 1.99. The lowest BCUT2D eigenvalue weighted by Gasteiger charge is -2.12. The molecule has 600 valence electrons. The van der Waals surface area contributed by atoms with Crippen LogP contribution in [-0.2, 0) is 109 Å². The molecule has 0 aliphatic heterocycles. The van der Waals surface area contributed by atoms with Crippen molar-refractivity contribution in [3.63, 3.8) is 0 Å². The van der Waals surface area contributed by atoms with E-state index in [-0.39, 0.29) is 0 Å². The number of hydrogen-bond donors (Lipinski definition) is 0. The van der Waals surface area contributed by atoms with E-state index in [2.05, 4.69) is 339 Å². The SMILES string of the molecule is CCCC[n+]1ccn(C)c1C.CCCC[n+]1ccn(C)c1C.CCCC[n+]1ccn(C)c1C.CCCC[n+]1ccn(C)c1C.CCCC[n+]1ccn(C)c1C.CCCC[n+]1ccn(C)c1C.CCCC[n+]1ccn(C)c1C.CCCC[n+]1ccn(C)c1C.N#CB([O-])[O-].N#CB([O-])[O-].N#CB([O-])[O-].N#CB([O-])[O-]. The third-order valence-corrected chi connectivity index (χ3v) is 17.6. The van der Waals surface area contributed by atoms with E-state index in [0.29, 0.717) is 0 Å². The minimum Gasteiger partial charge on any atom is -0.881 e. The molecule has 0 unspecified atom stereocenters. The first-order valence-corrected chi connectivity index (χ1v) is 38.1. The van der Waals surface area contributed by atoms with Gasteiger partial charge < -0.3 is 40.2 Å². The first-order valence-electron chi connectivity index (χ1n) is 38.1. The number of rotatable bonds is 24. The molecule has 0 atom stereocenters. The maximum absolute atomic E-state index is 8.98. The molecule has 0 saturated heterocycles. The van der Waals surface area contributed by atoms with E-state index >= 15 is 0 Å². The smallest absolute Gasteiger partial charge is 0.253 e. The molecule has 0 aromatic carbocycles. The summed E-state index contributed by atoms with van der Waals surface area (Å²) in [5, 5.41) is 101. The summed E-state index contributed by atoms with van der Waals surface area (Å²) in [6.45, 7) is 44.2.